The molecule has 4 heterocycles. The number of fused-ring (bicyclic) bond motifs is 8. The highest BCUT2D eigenvalue weighted by Crippen LogP contribution is 2.39. The summed E-state index contributed by atoms with van der Waals surface area (Å²) in [6, 6.07) is 53.3. The van der Waals surface area contributed by atoms with Gasteiger partial charge in [0.1, 0.15) is 5.82 Å². The third-order valence-electron chi connectivity index (χ3n) is 9.99. The van der Waals surface area contributed by atoms with E-state index >= 15 is 0 Å². The largest absolute Gasteiger partial charge is 0.296 e. The standard InChI is InChI=1S/C46H31N5/c1-2-41-50-46-40(51(41)35-10-4-3-5-11-35)27-25-37-36-12-6-7-13-39(36)49-43(42(37)46)33-20-16-30(17-21-33)29-14-18-31(19-15-29)38-26-24-34-23-22-32-9-8-28-47-44(32)45(34)48-38/h3-28H,2H2,1H3. The van der Waals surface area contributed by atoms with Crippen molar-refractivity contribution < 1.29 is 0 Å². The van der Waals surface area contributed by atoms with E-state index in [1.165, 1.54) is 0 Å². The molecule has 5 nitrogen and oxygen atoms in total. The van der Waals surface area contributed by atoms with Crippen molar-refractivity contribution in [1.29, 1.82) is 0 Å². The van der Waals surface area contributed by atoms with Gasteiger partial charge in [0, 0.05) is 51.0 Å². The second kappa shape index (κ2) is 11.7. The van der Waals surface area contributed by atoms with E-state index in [2.05, 4.69) is 162 Å². The average molecular weight is 654 g/mol. The molecular formula is C46H31N5. The highest BCUT2D eigenvalue weighted by Gasteiger charge is 2.19. The van der Waals surface area contributed by atoms with Gasteiger partial charge in [0.15, 0.2) is 0 Å². The van der Waals surface area contributed by atoms with Gasteiger partial charge in [-0.25, -0.2) is 15.0 Å². The normalized spacial score (nSPS) is 11.7. The molecule has 0 aliphatic rings. The van der Waals surface area contributed by atoms with Crippen LogP contribution < -0.4 is 0 Å². The van der Waals surface area contributed by atoms with Crippen LogP contribution in [-0.4, -0.2) is 24.5 Å². The molecule has 4 aromatic heterocycles. The summed E-state index contributed by atoms with van der Waals surface area (Å²) in [6.07, 6.45) is 2.65. The third kappa shape index (κ3) is 4.77. The Labute approximate surface area is 294 Å². The van der Waals surface area contributed by atoms with Gasteiger partial charge in [0.05, 0.1) is 39.0 Å². The molecule has 0 radical (unpaired) electrons. The van der Waals surface area contributed by atoms with Crippen LogP contribution in [0.5, 0.6) is 0 Å². The Kier molecular flexibility index (Phi) is 6.71. The Hall–Kier alpha value is -6.72. The zero-order valence-corrected chi connectivity index (χ0v) is 28.0. The van der Waals surface area contributed by atoms with Crippen LogP contribution in [0.3, 0.4) is 0 Å². The van der Waals surface area contributed by atoms with E-state index in [0.717, 1.165) is 106 Å². The maximum Gasteiger partial charge on any atom is 0.114 e. The predicted octanol–water partition coefficient (Wildman–Crippen LogP) is 11.4. The van der Waals surface area contributed by atoms with Gasteiger partial charge in [-0.3, -0.25) is 9.55 Å². The van der Waals surface area contributed by atoms with Crippen molar-refractivity contribution >= 4 is 54.5 Å². The quantitative estimate of drug-likeness (QED) is 0.173. The lowest BCUT2D eigenvalue weighted by molar-refractivity contribution is 0.908. The van der Waals surface area contributed by atoms with Crippen LogP contribution in [0.25, 0.3) is 93.8 Å². The lowest BCUT2D eigenvalue weighted by Crippen LogP contribution is -1.99. The van der Waals surface area contributed by atoms with Crippen LogP contribution in [0, 0.1) is 0 Å². The number of hydrogen-bond acceptors (Lipinski definition) is 4. The minimum Gasteiger partial charge on any atom is -0.296 e. The third-order valence-corrected chi connectivity index (χ3v) is 9.99. The molecule has 0 aliphatic heterocycles. The molecule has 0 unspecified atom stereocenters. The molecule has 10 rings (SSSR count). The van der Waals surface area contributed by atoms with E-state index in [4.69, 9.17) is 15.0 Å². The lowest BCUT2D eigenvalue weighted by Gasteiger charge is -2.12. The molecule has 10 aromatic rings. The molecule has 0 fully saturated rings. The fourth-order valence-corrected chi connectivity index (χ4v) is 7.48. The number of imidazole rings is 1. The topological polar surface area (TPSA) is 56.5 Å². The van der Waals surface area contributed by atoms with E-state index in [1.807, 2.05) is 12.3 Å². The van der Waals surface area contributed by atoms with Crippen molar-refractivity contribution in [3.8, 4) is 39.3 Å². The van der Waals surface area contributed by atoms with Crippen molar-refractivity contribution in [2.45, 2.75) is 13.3 Å². The molecule has 0 spiro atoms. The maximum atomic E-state index is 5.29. The minimum absolute atomic E-state index is 0.819. The van der Waals surface area contributed by atoms with Gasteiger partial charge >= 0.3 is 0 Å². The number of rotatable bonds is 5. The molecule has 240 valence electrons. The summed E-state index contributed by atoms with van der Waals surface area (Å²) in [5, 5.41) is 5.56. The summed E-state index contributed by atoms with van der Waals surface area (Å²) < 4.78 is 2.28. The molecule has 6 aromatic carbocycles. The highest BCUT2D eigenvalue weighted by atomic mass is 15.1. The fraction of sp³-hybridized carbons (Fsp3) is 0.0435. The van der Waals surface area contributed by atoms with Gasteiger partial charge in [-0.2, -0.15) is 0 Å². The highest BCUT2D eigenvalue weighted by molar-refractivity contribution is 6.20. The van der Waals surface area contributed by atoms with Crippen LogP contribution in [0.1, 0.15) is 12.7 Å². The molecule has 0 atom stereocenters. The Morgan fingerprint density at radius 3 is 1.96 bits per heavy atom. The van der Waals surface area contributed by atoms with Crippen molar-refractivity contribution in [3.63, 3.8) is 0 Å². The minimum atomic E-state index is 0.819. The predicted molar refractivity (Wildman–Crippen MR) is 210 cm³/mol. The number of aromatic nitrogens is 5. The lowest BCUT2D eigenvalue weighted by atomic mass is 9.96. The van der Waals surface area contributed by atoms with Crippen LogP contribution in [0.15, 0.2) is 158 Å². The number of aryl methyl sites for hydroxylation is 1. The first-order valence-electron chi connectivity index (χ1n) is 17.4. The Balaban J connectivity index is 1.06. The van der Waals surface area contributed by atoms with E-state index in [1.54, 1.807) is 0 Å². The smallest absolute Gasteiger partial charge is 0.114 e. The average Bonchev–Trinajstić information content (AvgIpc) is 3.60. The molecule has 0 amide bonds. The molecule has 5 heteroatoms. The van der Waals surface area contributed by atoms with Gasteiger partial charge in [0.2, 0.25) is 0 Å². The van der Waals surface area contributed by atoms with Gasteiger partial charge < -0.3 is 0 Å². The summed E-state index contributed by atoms with van der Waals surface area (Å²) >= 11 is 0. The number of para-hydroxylation sites is 2. The molecule has 0 bridgehead atoms. The van der Waals surface area contributed by atoms with E-state index in [-0.39, 0.29) is 0 Å². The summed E-state index contributed by atoms with van der Waals surface area (Å²) in [5.74, 6) is 1.03. The molecule has 0 aliphatic carbocycles. The van der Waals surface area contributed by atoms with E-state index < -0.39 is 0 Å². The van der Waals surface area contributed by atoms with Crippen molar-refractivity contribution in [2.24, 2.45) is 0 Å². The summed E-state index contributed by atoms with van der Waals surface area (Å²) in [6.45, 7) is 2.17. The van der Waals surface area contributed by atoms with Gasteiger partial charge in [0.25, 0.3) is 0 Å². The molecule has 0 saturated heterocycles. The number of hydrogen-bond donors (Lipinski definition) is 0. The number of pyridine rings is 3. The van der Waals surface area contributed by atoms with Gasteiger partial charge in [-0.1, -0.05) is 122 Å². The van der Waals surface area contributed by atoms with E-state index in [0.29, 0.717) is 0 Å². The number of benzene rings is 6. The summed E-state index contributed by atoms with van der Waals surface area (Å²) in [4.78, 5) is 20.2. The fourth-order valence-electron chi connectivity index (χ4n) is 7.48. The zero-order valence-electron chi connectivity index (χ0n) is 28.0. The van der Waals surface area contributed by atoms with Crippen molar-refractivity contribution in [1.82, 2.24) is 24.5 Å². The monoisotopic (exact) mass is 653 g/mol. The second-order valence-electron chi connectivity index (χ2n) is 12.9. The molecule has 51 heavy (non-hydrogen) atoms. The first-order chi connectivity index (χ1) is 25.2. The Morgan fingerprint density at radius 1 is 0.490 bits per heavy atom. The molecule has 0 N–H and O–H groups in total. The van der Waals surface area contributed by atoms with Crippen LogP contribution in [0.4, 0.5) is 0 Å². The number of nitrogens with zero attached hydrogens (tertiary/aromatic N) is 5. The van der Waals surface area contributed by atoms with Crippen LogP contribution in [0.2, 0.25) is 0 Å². The van der Waals surface area contributed by atoms with E-state index in [9.17, 15) is 0 Å². The Morgan fingerprint density at radius 2 is 1.18 bits per heavy atom. The summed E-state index contributed by atoms with van der Waals surface area (Å²) in [7, 11) is 0. The van der Waals surface area contributed by atoms with Gasteiger partial charge in [-0.15, -0.1) is 0 Å². The second-order valence-corrected chi connectivity index (χ2v) is 12.9. The zero-order chi connectivity index (χ0) is 33.9. The first-order valence-corrected chi connectivity index (χ1v) is 17.4. The van der Waals surface area contributed by atoms with Gasteiger partial charge in [-0.05, 0) is 52.9 Å². The molecular weight excluding hydrogens is 623 g/mol. The maximum absolute atomic E-state index is 5.29. The van der Waals surface area contributed by atoms with Crippen molar-refractivity contribution in [3.05, 3.63) is 164 Å². The van der Waals surface area contributed by atoms with Crippen molar-refractivity contribution in [2.75, 3.05) is 0 Å². The van der Waals surface area contributed by atoms with Crippen LogP contribution >= 0.6 is 0 Å². The van der Waals surface area contributed by atoms with Crippen LogP contribution in [-0.2, 0) is 6.42 Å². The summed E-state index contributed by atoms with van der Waals surface area (Å²) in [5.41, 5.74) is 12.3. The SMILES string of the molecule is CCc1nc2c3c(-c4ccc(-c5ccc(-c6ccc7ccc8cccnc8c7n6)cc5)cc4)nc4ccccc4c3ccc2n1-c1ccccc1. The molecule has 0 saturated carbocycles. The first kappa shape index (κ1) is 29.2. The Bertz CT molecular complexity index is 2930.